The van der Waals surface area contributed by atoms with Gasteiger partial charge in [0.15, 0.2) is 0 Å². The first-order valence-electron chi connectivity index (χ1n) is 4.45. The minimum atomic E-state index is 0.823. The van der Waals surface area contributed by atoms with Crippen LogP contribution in [0.15, 0.2) is 42.7 Å². The molecule has 1 heterocycles. The molecule has 3 nitrogen and oxygen atoms in total. The average Bonchev–Trinajstić information content (AvgIpc) is 2.19. The number of hydrogen-bond acceptors (Lipinski definition) is 3. The van der Waals surface area contributed by atoms with Crippen molar-refractivity contribution in [1.82, 2.24) is 9.97 Å². The molecule has 2 rings (SSSR count). The molecule has 0 aliphatic heterocycles. The molecule has 1 aromatic carbocycles. The first-order valence-corrected chi connectivity index (χ1v) is 4.45. The molecule has 1 aromatic heterocycles. The van der Waals surface area contributed by atoms with E-state index < -0.39 is 0 Å². The Morgan fingerprint density at radius 2 is 1.86 bits per heavy atom. The van der Waals surface area contributed by atoms with E-state index in [1.54, 1.807) is 6.33 Å². The lowest BCUT2D eigenvalue weighted by Gasteiger charge is -2.04. The minimum Gasteiger partial charge on any atom is -0.340 e. The van der Waals surface area contributed by atoms with E-state index in [2.05, 4.69) is 15.3 Å². The van der Waals surface area contributed by atoms with Crippen molar-refractivity contribution in [3.8, 4) is 0 Å². The molecular weight excluding hydrogens is 174 g/mol. The van der Waals surface area contributed by atoms with Crippen LogP contribution >= 0.6 is 0 Å². The lowest BCUT2D eigenvalue weighted by molar-refractivity contribution is 1.10. The van der Waals surface area contributed by atoms with Gasteiger partial charge in [-0.1, -0.05) is 18.2 Å². The van der Waals surface area contributed by atoms with E-state index in [9.17, 15) is 0 Å². The molecule has 0 radical (unpaired) electrons. The Morgan fingerprint density at radius 1 is 1.07 bits per heavy atom. The summed E-state index contributed by atoms with van der Waals surface area (Å²) in [6, 6.07) is 11.9. The third-order valence-corrected chi connectivity index (χ3v) is 1.85. The minimum absolute atomic E-state index is 0.823. The molecule has 14 heavy (non-hydrogen) atoms. The first-order chi connectivity index (χ1) is 6.84. The first kappa shape index (κ1) is 8.69. The quantitative estimate of drug-likeness (QED) is 0.781. The van der Waals surface area contributed by atoms with E-state index in [-0.39, 0.29) is 0 Å². The second-order valence-corrected chi connectivity index (χ2v) is 3.04. The standard InChI is InChI=1S/C11H11N3/c1-9-7-11(13-8-12-9)14-10-5-3-2-4-6-10/h2-8H,1H3,(H,12,13,14). The van der Waals surface area contributed by atoms with Gasteiger partial charge in [-0.05, 0) is 19.1 Å². The Hall–Kier alpha value is -1.90. The van der Waals surface area contributed by atoms with Crippen molar-refractivity contribution in [2.75, 3.05) is 5.32 Å². The van der Waals surface area contributed by atoms with Gasteiger partial charge < -0.3 is 5.32 Å². The second-order valence-electron chi connectivity index (χ2n) is 3.04. The monoisotopic (exact) mass is 185 g/mol. The number of hydrogen-bond donors (Lipinski definition) is 1. The van der Waals surface area contributed by atoms with Crippen molar-refractivity contribution >= 4 is 11.5 Å². The van der Waals surface area contributed by atoms with Crippen LogP contribution in [0.1, 0.15) is 5.69 Å². The van der Waals surface area contributed by atoms with E-state index in [0.717, 1.165) is 17.2 Å². The summed E-state index contributed by atoms with van der Waals surface area (Å²) in [4.78, 5) is 8.14. The molecule has 70 valence electrons. The Kier molecular flexibility index (Phi) is 2.40. The largest absolute Gasteiger partial charge is 0.340 e. The maximum absolute atomic E-state index is 4.11. The van der Waals surface area contributed by atoms with Gasteiger partial charge in [-0.2, -0.15) is 0 Å². The van der Waals surface area contributed by atoms with Gasteiger partial charge in [0.25, 0.3) is 0 Å². The van der Waals surface area contributed by atoms with Crippen molar-refractivity contribution in [2.24, 2.45) is 0 Å². The summed E-state index contributed by atoms with van der Waals surface area (Å²) < 4.78 is 0. The van der Waals surface area contributed by atoms with Gasteiger partial charge in [-0.15, -0.1) is 0 Å². The molecule has 1 N–H and O–H groups in total. The zero-order valence-electron chi connectivity index (χ0n) is 7.94. The summed E-state index contributed by atoms with van der Waals surface area (Å²) in [5.74, 6) is 0.823. The van der Waals surface area contributed by atoms with Gasteiger partial charge in [-0.3, -0.25) is 0 Å². The molecule has 0 saturated carbocycles. The Bertz CT molecular complexity index is 412. The maximum Gasteiger partial charge on any atom is 0.133 e. The number of nitrogens with one attached hydrogen (secondary N) is 1. The van der Waals surface area contributed by atoms with Crippen molar-refractivity contribution in [1.29, 1.82) is 0 Å². The van der Waals surface area contributed by atoms with Gasteiger partial charge in [0.1, 0.15) is 12.1 Å². The summed E-state index contributed by atoms with van der Waals surface area (Å²) in [6.07, 6.45) is 1.56. The zero-order chi connectivity index (χ0) is 9.80. The van der Waals surface area contributed by atoms with Crippen LogP contribution in [0, 0.1) is 6.92 Å². The molecule has 0 amide bonds. The van der Waals surface area contributed by atoms with E-state index in [1.165, 1.54) is 0 Å². The van der Waals surface area contributed by atoms with Crippen LogP contribution in [0.5, 0.6) is 0 Å². The van der Waals surface area contributed by atoms with Crippen LogP contribution < -0.4 is 5.32 Å². The third kappa shape index (κ3) is 2.07. The normalized spacial score (nSPS) is 9.79. The number of nitrogens with zero attached hydrogens (tertiary/aromatic N) is 2. The molecular formula is C11H11N3. The van der Waals surface area contributed by atoms with Crippen molar-refractivity contribution in [3.05, 3.63) is 48.4 Å². The number of aryl methyl sites for hydroxylation is 1. The fraction of sp³-hybridized carbons (Fsp3) is 0.0909. The molecule has 0 bridgehead atoms. The van der Waals surface area contributed by atoms with Gasteiger partial charge in [0.05, 0.1) is 0 Å². The number of aromatic nitrogens is 2. The predicted octanol–water partition coefficient (Wildman–Crippen LogP) is 2.53. The lowest BCUT2D eigenvalue weighted by atomic mass is 10.3. The number of para-hydroxylation sites is 1. The van der Waals surface area contributed by atoms with Crippen LogP contribution in [0.2, 0.25) is 0 Å². The van der Waals surface area contributed by atoms with Crippen molar-refractivity contribution in [2.45, 2.75) is 6.92 Å². The van der Waals surface area contributed by atoms with Gasteiger partial charge in [-0.25, -0.2) is 9.97 Å². The highest BCUT2D eigenvalue weighted by atomic mass is 15.0. The smallest absolute Gasteiger partial charge is 0.133 e. The van der Waals surface area contributed by atoms with Crippen molar-refractivity contribution in [3.63, 3.8) is 0 Å². The third-order valence-electron chi connectivity index (χ3n) is 1.85. The van der Waals surface area contributed by atoms with Gasteiger partial charge in [0.2, 0.25) is 0 Å². The molecule has 0 fully saturated rings. The summed E-state index contributed by atoms with van der Waals surface area (Å²) >= 11 is 0. The number of anilines is 2. The number of benzene rings is 1. The zero-order valence-corrected chi connectivity index (χ0v) is 7.94. The van der Waals surface area contributed by atoms with Gasteiger partial charge >= 0.3 is 0 Å². The van der Waals surface area contributed by atoms with Crippen LogP contribution in [0.3, 0.4) is 0 Å². The fourth-order valence-electron chi connectivity index (χ4n) is 1.19. The van der Waals surface area contributed by atoms with Crippen LogP contribution in [0.4, 0.5) is 11.5 Å². The fourth-order valence-corrected chi connectivity index (χ4v) is 1.19. The molecule has 0 saturated heterocycles. The molecule has 0 aliphatic carbocycles. The molecule has 3 heteroatoms. The molecule has 2 aromatic rings. The van der Waals surface area contributed by atoms with Gasteiger partial charge in [0, 0.05) is 17.4 Å². The number of rotatable bonds is 2. The van der Waals surface area contributed by atoms with Crippen molar-refractivity contribution < 1.29 is 0 Å². The predicted molar refractivity (Wildman–Crippen MR) is 56.5 cm³/mol. The Labute approximate surface area is 82.8 Å². The molecule has 0 atom stereocenters. The summed E-state index contributed by atoms with van der Waals surface area (Å²) in [6.45, 7) is 1.94. The maximum atomic E-state index is 4.11. The highest BCUT2D eigenvalue weighted by Gasteiger charge is 1.94. The average molecular weight is 185 g/mol. The molecule has 0 aliphatic rings. The molecule has 0 spiro atoms. The summed E-state index contributed by atoms with van der Waals surface area (Å²) in [5, 5.41) is 3.19. The SMILES string of the molecule is Cc1cc(Nc2ccccc2)ncn1. The second kappa shape index (κ2) is 3.87. The molecule has 0 unspecified atom stereocenters. The van der Waals surface area contributed by atoms with E-state index in [1.807, 2.05) is 43.3 Å². The van der Waals surface area contributed by atoms with E-state index >= 15 is 0 Å². The van der Waals surface area contributed by atoms with E-state index in [4.69, 9.17) is 0 Å². The summed E-state index contributed by atoms with van der Waals surface area (Å²) in [5.41, 5.74) is 1.99. The highest BCUT2D eigenvalue weighted by molar-refractivity contribution is 5.55. The highest BCUT2D eigenvalue weighted by Crippen LogP contribution is 2.12. The van der Waals surface area contributed by atoms with E-state index in [0.29, 0.717) is 0 Å². The topological polar surface area (TPSA) is 37.8 Å². The summed E-state index contributed by atoms with van der Waals surface area (Å²) in [7, 11) is 0. The van der Waals surface area contributed by atoms with Crippen LogP contribution in [0.25, 0.3) is 0 Å². The lowest BCUT2D eigenvalue weighted by Crippen LogP contribution is -1.94. The Morgan fingerprint density at radius 3 is 2.57 bits per heavy atom. The van der Waals surface area contributed by atoms with Crippen LogP contribution in [-0.2, 0) is 0 Å². The Balaban J connectivity index is 2.19. The van der Waals surface area contributed by atoms with Crippen LogP contribution in [-0.4, -0.2) is 9.97 Å².